The SMILES string of the molecule is COc1c(NC(=O)c2ccc3c(c2)ncn3C)ccnc1C. The van der Waals surface area contributed by atoms with Crippen LogP contribution in [0.25, 0.3) is 11.0 Å². The number of hydrogen-bond donors (Lipinski definition) is 1. The number of methoxy groups -OCH3 is 1. The number of nitrogens with zero attached hydrogens (tertiary/aromatic N) is 3. The van der Waals surface area contributed by atoms with Gasteiger partial charge in [0.25, 0.3) is 5.91 Å². The lowest BCUT2D eigenvalue weighted by Crippen LogP contribution is -2.13. The van der Waals surface area contributed by atoms with Crippen LogP contribution in [0.2, 0.25) is 0 Å². The molecule has 0 spiro atoms. The second-order valence-electron chi connectivity index (χ2n) is 4.99. The molecular formula is C16H16N4O2. The van der Waals surface area contributed by atoms with E-state index in [2.05, 4.69) is 15.3 Å². The summed E-state index contributed by atoms with van der Waals surface area (Å²) < 4.78 is 7.20. The summed E-state index contributed by atoms with van der Waals surface area (Å²) in [5.41, 5.74) is 3.63. The van der Waals surface area contributed by atoms with Crippen LogP contribution in [0.4, 0.5) is 5.69 Å². The molecule has 2 heterocycles. The van der Waals surface area contributed by atoms with Gasteiger partial charge < -0.3 is 14.6 Å². The van der Waals surface area contributed by atoms with Crippen molar-refractivity contribution in [2.75, 3.05) is 12.4 Å². The Morgan fingerprint density at radius 2 is 2.09 bits per heavy atom. The first-order valence-corrected chi connectivity index (χ1v) is 6.82. The van der Waals surface area contributed by atoms with E-state index in [1.54, 1.807) is 37.8 Å². The fourth-order valence-electron chi connectivity index (χ4n) is 2.38. The van der Waals surface area contributed by atoms with Gasteiger partial charge in [0.2, 0.25) is 0 Å². The van der Waals surface area contributed by atoms with Crippen molar-refractivity contribution < 1.29 is 9.53 Å². The molecule has 112 valence electrons. The largest absolute Gasteiger partial charge is 0.493 e. The number of hydrogen-bond acceptors (Lipinski definition) is 4. The molecule has 0 radical (unpaired) electrons. The molecule has 0 aliphatic heterocycles. The van der Waals surface area contributed by atoms with E-state index < -0.39 is 0 Å². The van der Waals surface area contributed by atoms with E-state index in [0.29, 0.717) is 17.0 Å². The first kappa shape index (κ1) is 14.1. The van der Waals surface area contributed by atoms with E-state index in [4.69, 9.17) is 4.74 Å². The highest BCUT2D eigenvalue weighted by molar-refractivity contribution is 6.06. The first-order chi connectivity index (χ1) is 10.6. The minimum absolute atomic E-state index is 0.212. The van der Waals surface area contributed by atoms with E-state index in [1.807, 2.05) is 24.6 Å². The number of rotatable bonds is 3. The van der Waals surface area contributed by atoms with Crippen LogP contribution in [-0.4, -0.2) is 27.6 Å². The quantitative estimate of drug-likeness (QED) is 0.806. The van der Waals surface area contributed by atoms with Gasteiger partial charge in [0.15, 0.2) is 5.75 Å². The Morgan fingerprint density at radius 3 is 2.86 bits per heavy atom. The average molecular weight is 296 g/mol. The lowest BCUT2D eigenvalue weighted by molar-refractivity contribution is 0.102. The summed E-state index contributed by atoms with van der Waals surface area (Å²) in [5.74, 6) is 0.353. The van der Waals surface area contributed by atoms with E-state index in [-0.39, 0.29) is 5.91 Å². The number of fused-ring (bicyclic) bond motifs is 1. The molecule has 0 unspecified atom stereocenters. The molecule has 1 amide bonds. The van der Waals surface area contributed by atoms with Gasteiger partial charge >= 0.3 is 0 Å². The minimum atomic E-state index is -0.212. The van der Waals surface area contributed by atoms with Crippen LogP contribution in [0, 0.1) is 6.92 Å². The van der Waals surface area contributed by atoms with Gasteiger partial charge in [0, 0.05) is 18.8 Å². The molecule has 2 aromatic heterocycles. The molecule has 0 saturated heterocycles. The molecule has 0 fully saturated rings. The zero-order valence-electron chi connectivity index (χ0n) is 12.6. The second-order valence-corrected chi connectivity index (χ2v) is 4.99. The number of aromatic nitrogens is 3. The molecule has 0 aliphatic carbocycles. The average Bonchev–Trinajstić information content (AvgIpc) is 2.88. The summed E-state index contributed by atoms with van der Waals surface area (Å²) in [5, 5.41) is 2.85. The van der Waals surface area contributed by atoms with E-state index >= 15 is 0 Å². The topological polar surface area (TPSA) is 69.0 Å². The Kier molecular flexibility index (Phi) is 3.50. The Morgan fingerprint density at radius 1 is 1.27 bits per heavy atom. The second kappa shape index (κ2) is 5.48. The van der Waals surface area contributed by atoms with Crippen molar-refractivity contribution in [3.63, 3.8) is 0 Å². The summed E-state index contributed by atoms with van der Waals surface area (Å²) in [4.78, 5) is 20.8. The molecule has 0 aliphatic rings. The van der Waals surface area contributed by atoms with Crippen LogP contribution in [0.15, 0.2) is 36.8 Å². The van der Waals surface area contributed by atoms with E-state index in [1.165, 1.54) is 0 Å². The third kappa shape index (κ3) is 2.39. The maximum absolute atomic E-state index is 12.4. The molecule has 3 rings (SSSR count). The van der Waals surface area contributed by atoms with E-state index in [9.17, 15) is 4.79 Å². The maximum Gasteiger partial charge on any atom is 0.255 e. The fourth-order valence-corrected chi connectivity index (χ4v) is 2.38. The number of aryl methyl sites for hydroxylation is 2. The highest BCUT2D eigenvalue weighted by Gasteiger charge is 2.13. The number of amides is 1. The monoisotopic (exact) mass is 296 g/mol. The highest BCUT2D eigenvalue weighted by Crippen LogP contribution is 2.26. The third-order valence-corrected chi connectivity index (χ3v) is 3.52. The third-order valence-electron chi connectivity index (χ3n) is 3.52. The summed E-state index contributed by atoms with van der Waals surface area (Å²) in [6.07, 6.45) is 3.36. The minimum Gasteiger partial charge on any atom is -0.493 e. The predicted octanol–water partition coefficient (Wildman–Crippen LogP) is 2.54. The van der Waals surface area contributed by atoms with Crippen molar-refractivity contribution >= 4 is 22.6 Å². The fraction of sp³-hybridized carbons (Fsp3) is 0.188. The number of ether oxygens (including phenoxy) is 1. The van der Waals surface area contributed by atoms with Gasteiger partial charge in [-0.25, -0.2) is 4.98 Å². The van der Waals surface area contributed by atoms with Crippen molar-refractivity contribution in [1.82, 2.24) is 14.5 Å². The summed E-state index contributed by atoms with van der Waals surface area (Å²) >= 11 is 0. The lowest BCUT2D eigenvalue weighted by Gasteiger charge is -2.11. The number of carbonyl (C=O) groups is 1. The van der Waals surface area contributed by atoms with Crippen molar-refractivity contribution in [1.29, 1.82) is 0 Å². The van der Waals surface area contributed by atoms with Gasteiger partial charge in [0.1, 0.15) is 0 Å². The van der Waals surface area contributed by atoms with Crippen LogP contribution in [-0.2, 0) is 7.05 Å². The molecule has 3 aromatic rings. The molecule has 6 nitrogen and oxygen atoms in total. The smallest absolute Gasteiger partial charge is 0.255 e. The van der Waals surface area contributed by atoms with Crippen LogP contribution >= 0.6 is 0 Å². The van der Waals surface area contributed by atoms with Crippen LogP contribution < -0.4 is 10.1 Å². The van der Waals surface area contributed by atoms with Crippen LogP contribution in [0.1, 0.15) is 16.1 Å². The molecule has 0 bridgehead atoms. The molecule has 0 atom stereocenters. The Bertz CT molecular complexity index is 854. The van der Waals surface area contributed by atoms with Crippen LogP contribution in [0.3, 0.4) is 0 Å². The maximum atomic E-state index is 12.4. The molecule has 1 N–H and O–H groups in total. The summed E-state index contributed by atoms with van der Waals surface area (Å²) in [7, 11) is 3.47. The molecule has 6 heteroatoms. The normalized spacial score (nSPS) is 10.7. The number of benzene rings is 1. The van der Waals surface area contributed by atoms with Gasteiger partial charge in [-0.15, -0.1) is 0 Å². The summed E-state index contributed by atoms with van der Waals surface area (Å²) in [6, 6.07) is 7.14. The van der Waals surface area contributed by atoms with Crippen molar-refractivity contribution in [2.45, 2.75) is 6.92 Å². The van der Waals surface area contributed by atoms with Crippen molar-refractivity contribution in [3.8, 4) is 5.75 Å². The Hall–Kier alpha value is -2.89. The zero-order chi connectivity index (χ0) is 15.7. The number of nitrogens with one attached hydrogen (secondary N) is 1. The number of imidazole rings is 1. The van der Waals surface area contributed by atoms with Crippen molar-refractivity contribution in [3.05, 3.63) is 48.0 Å². The zero-order valence-corrected chi connectivity index (χ0v) is 12.6. The van der Waals surface area contributed by atoms with Gasteiger partial charge in [-0.1, -0.05) is 0 Å². The van der Waals surface area contributed by atoms with Crippen LogP contribution in [0.5, 0.6) is 5.75 Å². The van der Waals surface area contributed by atoms with E-state index in [0.717, 1.165) is 16.7 Å². The Labute approximate surface area is 127 Å². The standard InChI is InChI=1S/C16H16N4O2/c1-10-15(22-3)12(6-7-17-10)19-16(21)11-4-5-14-13(8-11)18-9-20(14)2/h4-9H,1-3H3,(H,17,19,21). The molecule has 0 saturated carbocycles. The van der Waals surface area contributed by atoms with Gasteiger partial charge in [-0.2, -0.15) is 0 Å². The molecule has 22 heavy (non-hydrogen) atoms. The highest BCUT2D eigenvalue weighted by atomic mass is 16.5. The Balaban J connectivity index is 1.92. The van der Waals surface area contributed by atoms with Crippen molar-refractivity contribution in [2.24, 2.45) is 7.05 Å². The molecular weight excluding hydrogens is 280 g/mol. The summed E-state index contributed by atoms with van der Waals surface area (Å²) in [6.45, 7) is 1.83. The van der Waals surface area contributed by atoms with Gasteiger partial charge in [-0.05, 0) is 31.2 Å². The van der Waals surface area contributed by atoms with Gasteiger partial charge in [0.05, 0.1) is 35.9 Å². The van der Waals surface area contributed by atoms with Gasteiger partial charge in [-0.3, -0.25) is 9.78 Å². The molecule has 1 aromatic carbocycles. The number of pyridine rings is 1. The lowest BCUT2D eigenvalue weighted by atomic mass is 10.2. The predicted molar refractivity (Wildman–Crippen MR) is 84.2 cm³/mol. The number of carbonyl (C=O) groups excluding carboxylic acids is 1. The first-order valence-electron chi connectivity index (χ1n) is 6.82. The number of anilines is 1.